The van der Waals surface area contributed by atoms with E-state index in [-0.39, 0.29) is 5.69 Å². The molecule has 29 heavy (non-hydrogen) atoms. The van der Waals surface area contributed by atoms with Crippen LogP contribution >= 0.6 is 11.8 Å². The first-order chi connectivity index (χ1) is 13.8. The number of aromatic amines is 1. The summed E-state index contributed by atoms with van der Waals surface area (Å²) >= 11 is 1.50. The number of para-hydroxylation sites is 1. The van der Waals surface area contributed by atoms with Crippen LogP contribution in [-0.4, -0.2) is 38.3 Å². The molecular weight excluding hydrogens is 396 g/mol. The molecule has 0 unspecified atom stereocenters. The average Bonchev–Trinajstić information content (AvgIpc) is 2.97. The number of nitrogens with one attached hydrogen (secondary N) is 1. The predicted molar refractivity (Wildman–Crippen MR) is 109 cm³/mol. The number of urea groups is 1. The van der Waals surface area contributed by atoms with Gasteiger partial charge in [0.05, 0.1) is 5.69 Å². The molecule has 1 heterocycles. The summed E-state index contributed by atoms with van der Waals surface area (Å²) in [5.74, 6) is 11.3. The average molecular weight is 416 g/mol. The molecular formula is C18H20N6O4S. The third kappa shape index (κ3) is 4.21. The van der Waals surface area contributed by atoms with E-state index in [0.29, 0.717) is 21.8 Å². The Kier molecular flexibility index (Phi) is 5.82. The van der Waals surface area contributed by atoms with Crippen molar-refractivity contribution in [2.75, 3.05) is 12.1 Å². The number of anilines is 1. The van der Waals surface area contributed by atoms with Crippen LogP contribution in [0.15, 0.2) is 58.2 Å². The van der Waals surface area contributed by atoms with E-state index < -0.39 is 17.3 Å². The number of hydrogen-bond donors (Lipinski definition) is 5. The van der Waals surface area contributed by atoms with Crippen LogP contribution in [0.1, 0.15) is 5.56 Å². The van der Waals surface area contributed by atoms with Gasteiger partial charge < -0.3 is 10.3 Å². The SMILES string of the molecule is CN(N)C(=O)N(N)c1ccccc1CSc1ccc(-c2c(O)c(=O)[nH]n2O)cc1. The predicted octanol–water partition coefficient (Wildman–Crippen LogP) is 1.68. The van der Waals surface area contributed by atoms with Crippen molar-refractivity contribution < 1.29 is 15.1 Å². The number of thioether (sulfide) groups is 1. The van der Waals surface area contributed by atoms with Gasteiger partial charge >= 0.3 is 11.6 Å². The number of carbonyl (C=O) groups excluding carboxylic acids is 1. The highest BCUT2D eigenvalue weighted by Crippen LogP contribution is 2.31. The molecule has 0 saturated carbocycles. The lowest BCUT2D eigenvalue weighted by molar-refractivity contribution is 0.152. The lowest BCUT2D eigenvalue weighted by atomic mass is 10.1. The minimum atomic E-state index is -0.776. The maximum Gasteiger partial charge on any atom is 0.352 e. The molecule has 0 spiro atoms. The van der Waals surface area contributed by atoms with Gasteiger partial charge in [0.1, 0.15) is 0 Å². The lowest BCUT2D eigenvalue weighted by Gasteiger charge is -2.23. The smallest absolute Gasteiger partial charge is 0.352 e. The molecule has 2 amide bonds. The number of H-pyrrole nitrogens is 1. The molecule has 0 radical (unpaired) electrons. The number of hydrazine groups is 2. The quantitative estimate of drug-likeness (QED) is 0.139. The summed E-state index contributed by atoms with van der Waals surface area (Å²) in [6, 6.07) is 13.6. The van der Waals surface area contributed by atoms with Crippen LogP contribution in [-0.2, 0) is 5.75 Å². The highest BCUT2D eigenvalue weighted by Gasteiger charge is 2.18. The van der Waals surface area contributed by atoms with Crippen molar-refractivity contribution >= 4 is 23.5 Å². The van der Waals surface area contributed by atoms with Gasteiger partial charge in [0, 0.05) is 23.3 Å². The van der Waals surface area contributed by atoms with Gasteiger partial charge in [-0.3, -0.25) is 9.80 Å². The second kappa shape index (κ2) is 8.31. The van der Waals surface area contributed by atoms with Crippen molar-refractivity contribution in [2.45, 2.75) is 10.6 Å². The Labute approximate surface area is 169 Å². The fourth-order valence-corrected chi connectivity index (χ4v) is 3.58. The van der Waals surface area contributed by atoms with Crippen molar-refractivity contribution in [3.05, 3.63) is 64.4 Å². The van der Waals surface area contributed by atoms with Crippen LogP contribution in [0.5, 0.6) is 5.75 Å². The molecule has 7 N–H and O–H groups in total. The first-order valence-corrected chi connectivity index (χ1v) is 9.39. The standard InChI is InChI=1S/C18H20N6O4S/c1-22(19)18(27)23(20)14-5-3-2-4-12(14)10-29-13-8-6-11(7-9-13)15-16(25)17(26)21-24(15)28/h2-9,25,28H,10,19-20H2,1H3,(H,21,26). The first kappa shape index (κ1) is 20.3. The number of benzene rings is 2. The van der Waals surface area contributed by atoms with Crippen molar-refractivity contribution in [1.29, 1.82) is 0 Å². The van der Waals surface area contributed by atoms with Crippen molar-refractivity contribution in [1.82, 2.24) is 15.0 Å². The summed E-state index contributed by atoms with van der Waals surface area (Å²) in [7, 11) is 1.41. The zero-order chi connectivity index (χ0) is 21.1. The molecule has 0 atom stereocenters. The summed E-state index contributed by atoms with van der Waals surface area (Å²) in [4.78, 5) is 24.8. The molecule has 0 bridgehead atoms. The van der Waals surface area contributed by atoms with Crippen molar-refractivity contribution in [3.8, 4) is 17.0 Å². The molecule has 3 rings (SSSR count). The van der Waals surface area contributed by atoms with Gasteiger partial charge in [-0.1, -0.05) is 30.3 Å². The van der Waals surface area contributed by atoms with Crippen LogP contribution in [0.25, 0.3) is 11.3 Å². The molecule has 2 aromatic carbocycles. The van der Waals surface area contributed by atoms with Crippen LogP contribution in [0.4, 0.5) is 10.5 Å². The summed E-state index contributed by atoms with van der Waals surface area (Å²) in [6.45, 7) is 0. The van der Waals surface area contributed by atoms with E-state index in [0.717, 1.165) is 20.5 Å². The lowest BCUT2D eigenvalue weighted by Crippen LogP contribution is -2.48. The summed E-state index contributed by atoms with van der Waals surface area (Å²) < 4.78 is 0. The number of aromatic nitrogens is 2. The Morgan fingerprint density at radius 2 is 1.83 bits per heavy atom. The van der Waals surface area contributed by atoms with E-state index in [1.54, 1.807) is 36.4 Å². The van der Waals surface area contributed by atoms with E-state index in [1.807, 2.05) is 12.1 Å². The molecule has 1 aromatic heterocycles. The maximum absolute atomic E-state index is 12.0. The summed E-state index contributed by atoms with van der Waals surface area (Å²) in [5.41, 5.74) is 1.06. The van der Waals surface area contributed by atoms with Crippen LogP contribution < -0.4 is 22.3 Å². The van der Waals surface area contributed by atoms with Crippen molar-refractivity contribution in [2.24, 2.45) is 11.7 Å². The first-order valence-electron chi connectivity index (χ1n) is 8.41. The van der Waals surface area contributed by atoms with E-state index in [1.165, 1.54) is 18.8 Å². The Balaban J connectivity index is 1.76. The third-order valence-corrected chi connectivity index (χ3v) is 5.20. The van der Waals surface area contributed by atoms with Gasteiger partial charge in [-0.2, -0.15) is 0 Å². The molecule has 10 nitrogen and oxygen atoms in total. The number of aromatic hydroxyl groups is 1. The van der Waals surface area contributed by atoms with Gasteiger partial charge in [0.2, 0.25) is 5.75 Å². The zero-order valence-corrected chi connectivity index (χ0v) is 16.3. The molecule has 0 fully saturated rings. The van der Waals surface area contributed by atoms with Gasteiger partial charge in [0.15, 0.2) is 5.69 Å². The molecule has 0 aliphatic rings. The minimum absolute atomic E-state index is 0.0138. The van der Waals surface area contributed by atoms with Gasteiger partial charge in [-0.25, -0.2) is 26.6 Å². The molecule has 0 aliphatic carbocycles. The normalized spacial score (nSPS) is 10.7. The van der Waals surface area contributed by atoms with E-state index in [4.69, 9.17) is 11.7 Å². The number of nitrogens with two attached hydrogens (primary N) is 2. The Hall–Kier alpha value is -3.41. The fraction of sp³-hybridized carbons (Fsp3) is 0.111. The molecule has 3 aromatic rings. The monoisotopic (exact) mass is 416 g/mol. The second-order valence-corrected chi connectivity index (χ2v) is 7.20. The van der Waals surface area contributed by atoms with Crippen LogP contribution in [0.3, 0.4) is 0 Å². The van der Waals surface area contributed by atoms with Gasteiger partial charge in [0.25, 0.3) is 0 Å². The highest BCUT2D eigenvalue weighted by atomic mass is 32.2. The Bertz CT molecular complexity index is 1080. The van der Waals surface area contributed by atoms with Crippen LogP contribution in [0.2, 0.25) is 0 Å². The van der Waals surface area contributed by atoms with E-state index >= 15 is 0 Å². The van der Waals surface area contributed by atoms with E-state index in [2.05, 4.69) is 5.10 Å². The molecule has 0 aliphatic heterocycles. The minimum Gasteiger partial charge on any atom is -0.501 e. The molecule has 11 heteroatoms. The fourth-order valence-electron chi connectivity index (χ4n) is 2.68. The second-order valence-electron chi connectivity index (χ2n) is 6.16. The summed E-state index contributed by atoms with van der Waals surface area (Å²) in [5, 5.41) is 23.4. The highest BCUT2D eigenvalue weighted by molar-refractivity contribution is 7.98. The summed E-state index contributed by atoms with van der Waals surface area (Å²) in [6.07, 6.45) is 0. The molecule has 152 valence electrons. The van der Waals surface area contributed by atoms with Gasteiger partial charge in [-0.05, 0) is 23.8 Å². The molecule has 0 saturated heterocycles. The van der Waals surface area contributed by atoms with E-state index in [9.17, 15) is 19.9 Å². The zero-order valence-electron chi connectivity index (χ0n) is 15.4. The number of rotatable bonds is 5. The Morgan fingerprint density at radius 1 is 1.17 bits per heavy atom. The van der Waals surface area contributed by atoms with Crippen molar-refractivity contribution in [3.63, 3.8) is 0 Å². The number of amides is 2. The van der Waals surface area contributed by atoms with Crippen LogP contribution in [0, 0.1) is 0 Å². The number of carbonyl (C=O) groups is 1. The largest absolute Gasteiger partial charge is 0.501 e. The Morgan fingerprint density at radius 3 is 2.41 bits per heavy atom. The van der Waals surface area contributed by atoms with Gasteiger partial charge in [-0.15, -0.1) is 16.6 Å². The maximum atomic E-state index is 12.0. The third-order valence-electron chi connectivity index (χ3n) is 4.14. The number of hydrogen-bond acceptors (Lipinski definition) is 7. The number of nitrogens with zero attached hydrogens (tertiary/aromatic N) is 3. The topological polar surface area (TPSA) is 154 Å².